The van der Waals surface area contributed by atoms with Gasteiger partial charge in [0, 0.05) is 29.1 Å². The van der Waals surface area contributed by atoms with Crippen LogP contribution in [0.5, 0.6) is 5.75 Å². The Labute approximate surface area is 184 Å². The van der Waals surface area contributed by atoms with Gasteiger partial charge in [-0.25, -0.2) is 9.78 Å². The van der Waals surface area contributed by atoms with E-state index in [0.29, 0.717) is 22.7 Å². The highest BCUT2D eigenvalue weighted by Crippen LogP contribution is 2.36. The number of hydrogen-bond acceptors (Lipinski definition) is 6. The van der Waals surface area contributed by atoms with E-state index >= 15 is 0 Å². The molecule has 5 nitrogen and oxygen atoms in total. The number of pyridine rings is 2. The van der Waals surface area contributed by atoms with E-state index in [1.807, 2.05) is 53.9 Å². The zero-order valence-electron chi connectivity index (χ0n) is 17.0. The van der Waals surface area contributed by atoms with Gasteiger partial charge in [-0.2, -0.15) is 0 Å². The van der Waals surface area contributed by atoms with Crippen LogP contribution in [0.4, 0.5) is 0 Å². The minimum absolute atomic E-state index is 0.332. The second kappa shape index (κ2) is 9.24. The van der Waals surface area contributed by atoms with E-state index in [9.17, 15) is 4.79 Å². The lowest BCUT2D eigenvalue weighted by Gasteiger charge is -2.14. The average molecular weight is 426 g/mol. The van der Waals surface area contributed by atoms with E-state index in [4.69, 9.17) is 14.5 Å². The van der Waals surface area contributed by atoms with E-state index in [0.717, 1.165) is 21.6 Å². The van der Waals surface area contributed by atoms with Crippen LogP contribution in [0.1, 0.15) is 21.5 Å². The van der Waals surface area contributed by atoms with Gasteiger partial charge in [-0.05, 0) is 41.8 Å². The van der Waals surface area contributed by atoms with Gasteiger partial charge in [0.25, 0.3) is 0 Å². The Morgan fingerprint density at radius 1 is 1.00 bits per heavy atom. The standard InChI is InChI=1S/C25H18N2O3S/c1-29-24-20(25(28)30-2)15-21(22-6-4-14-31-22)27-23(24)19-11-9-17(10-12-19)7-8-18-5-3-13-26-16-18/h3-6,9-16H,1-2H3. The molecule has 0 radical (unpaired) electrons. The number of thiophene rings is 1. The second-order valence-corrected chi connectivity index (χ2v) is 7.42. The molecule has 3 heterocycles. The smallest absolute Gasteiger partial charge is 0.341 e. The Balaban J connectivity index is 1.77. The van der Waals surface area contributed by atoms with Crippen molar-refractivity contribution in [1.29, 1.82) is 0 Å². The van der Waals surface area contributed by atoms with Crippen molar-refractivity contribution in [3.63, 3.8) is 0 Å². The molecule has 31 heavy (non-hydrogen) atoms. The van der Waals surface area contributed by atoms with Crippen LogP contribution in [0.25, 0.3) is 21.8 Å². The van der Waals surface area contributed by atoms with Crippen LogP contribution in [0.3, 0.4) is 0 Å². The van der Waals surface area contributed by atoms with Crippen LogP contribution in [0, 0.1) is 11.8 Å². The number of carbonyl (C=O) groups is 1. The first-order valence-corrected chi connectivity index (χ1v) is 10.3. The number of esters is 1. The van der Waals surface area contributed by atoms with Gasteiger partial charge in [-0.3, -0.25) is 4.98 Å². The molecular weight excluding hydrogens is 408 g/mol. The first-order chi connectivity index (χ1) is 15.2. The predicted octanol–water partition coefficient (Wildman–Crippen LogP) is 5.07. The molecule has 0 fully saturated rings. The summed E-state index contributed by atoms with van der Waals surface area (Å²) in [6.45, 7) is 0. The molecular formula is C25H18N2O3S. The van der Waals surface area contributed by atoms with E-state index in [2.05, 4.69) is 16.8 Å². The maximum absolute atomic E-state index is 12.4. The Kier molecular flexibility index (Phi) is 6.06. The first-order valence-electron chi connectivity index (χ1n) is 9.43. The van der Waals surface area contributed by atoms with Gasteiger partial charge in [0.05, 0.1) is 24.8 Å². The van der Waals surface area contributed by atoms with E-state index < -0.39 is 5.97 Å². The molecule has 0 spiro atoms. The fourth-order valence-corrected chi connectivity index (χ4v) is 3.73. The van der Waals surface area contributed by atoms with Gasteiger partial charge in [0.2, 0.25) is 0 Å². The van der Waals surface area contributed by atoms with Crippen molar-refractivity contribution in [1.82, 2.24) is 9.97 Å². The maximum Gasteiger partial charge on any atom is 0.341 e. The van der Waals surface area contributed by atoms with Crippen LogP contribution in [-0.2, 0) is 4.74 Å². The van der Waals surface area contributed by atoms with Crippen molar-refractivity contribution in [2.45, 2.75) is 0 Å². The Bertz CT molecular complexity index is 1260. The van der Waals surface area contributed by atoms with Crippen LogP contribution in [0.2, 0.25) is 0 Å². The second-order valence-electron chi connectivity index (χ2n) is 6.47. The number of carbonyl (C=O) groups excluding carboxylic acids is 1. The first kappa shape index (κ1) is 20.3. The lowest BCUT2D eigenvalue weighted by Crippen LogP contribution is -2.07. The van der Waals surface area contributed by atoms with Crippen LogP contribution in [0.15, 0.2) is 72.4 Å². The molecule has 3 aromatic heterocycles. The average Bonchev–Trinajstić information content (AvgIpc) is 3.37. The fourth-order valence-electron chi connectivity index (χ4n) is 3.04. The molecule has 4 rings (SSSR count). The number of hydrogen-bond donors (Lipinski definition) is 0. The number of nitrogens with zero attached hydrogens (tertiary/aromatic N) is 2. The predicted molar refractivity (Wildman–Crippen MR) is 121 cm³/mol. The molecule has 0 saturated heterocycles. The van der Waals surface area contributed by atoms with Crippen molar-refractivity contribution in [2.24, 2.45) is 0 Å². The Hall–Kier alpha value is -3.95. The highest BCUT2D eigenvalue weighted by molar-refractivity contribution is 7.13. The summed E-state index contributed by atoms with van der Waals surface area (Å²) < 4.78 is 10.5. The molecule has 6 heteroatoms. The third-order valence-corrected chi connectivity index (χ3v) is 5.42. The number of benzene rings is 1. The molecule has 0 aliphatic rings. The summed E-state index contributed by atoms with van der Waals surface area (Å²) in [7, 11) is 2.87. The minimum atomic E-state index is -0.475. The number of ether oxygens (including phenoxy) is 2. The molecule has 0 aliphatic carbocycles. The highest BCUT2D eigenvalue weighted by atomic mass is 32.1. The van der Waals surface area contributed by atoms with Crippen LogP contribution in [-0.4, -0.2) is 30.2 Å². The van der Waals surface area contributed by atoms with Crippen molar-refractivity contribution >= 4 is 17.3 Å². The fraction of sp³-hybridized carbons (Fsp3) is 0.0800. The van der Waals surface area contributed by atoms with E-state index in [1.165, 1.54) is 14.2 Å². The number of methoxy groups -OCH3 is 2. The quantitative estimate of drug-likeness (QED) is 0.337. The summed E-state index contributed by atoms with van der Waals surface area (Å²) in [6.07, 6.45) is 3.44. The zero-order chi connectivity index (χ0) is 21.6. The minimum Gasteiger partial charge on any atom is -0.494 e. The topological polar surface area (TPSA) is 61.3 Å². The largest absolute Gasteiger partial charge is 0.494 e. The third-order valence-electron chi connectivity index (χ3n) is 4.53. The third kappa shape index (κ3) is 4.47. The normalized spacial score (nSPS) is 10.1. The van der Waals surface area contributed by atoms with Gasteiger partial charge in [-0.15, -0.1) is 11.3 Å². The summed E-state index contributed by atoms with van der Waals surface area (Å²) in [5.41, 5.74) is 4.11. The molecule has 152 valence electrons. The Morgan fingerprint density at radius 3 is 2.45 bits per heavy atom. The maximum atomic E-state index is 12.4. The molecule has 0 bridgehead atoms. The molecule has 0 aliphatic heterocycles. The van der Waals surface area contributed by atoms with E-state index in [-0.39, 0.29) is 0 Å². The Morgan fingerprint density at radius 2 is 1.81 bits per heavy atom. The molecule has 0 N–H and O–H groups in total. The van der Waals surface area contributed by atoms with Crippen molar-refractivity contribution in [2.75, 3.05) is 14.2 Å². The van der Waals surface area contributed by atoms with Crippen LogP contribution < -0.4 is 4.74 Å². The molecule has 0 saturated carbocycles. The van der Waals surface area contributed by atoms with Crippen molar-refractivity contribution in [3.8, 4) is 39.4 Å². The molecule has 0 amide bonds. The summed E-state index contributed by atoms with van der Waals surface area (Å²) in [6, 6.07) is 17.0. The monoisotopic (exact) mass is 426 g/mol. The number of aromatic nitrogens is 2. The summed E-state index contributed by atoms with van der Waals surface area (Å²) in [4.78, 5) is 22.2. The lowest BCUT2D eigenvalue weighted by molar-refractivity contribution is 0.0597. The number of rotatable bonds is 4. The van der Waals surface area contributed by atoms with E-state index in [1.54, 1.807) is 29.8 Å². The van der Waals surface area contributed by atoms with Crippen molar-refractivity contribution in [3.05, 3.63) is 89.1 Å². The van der Waals surface area contributed by atoms with Gasteiger partial charge >= 0.3 is 5.97 Å². The molecule has 4 aromatic rings. The van der Waals surface area contributed by atoms with Crippen LogP contribution >= 0.6 is 11.3 Å². The van der Waals surface area contributed by atoms with Gasteiger partial charge < -0.3 is 9.47 Å². The lowest BCUT2D eigenvalue weighted by atomic mass is 10.0. The summed E-state index contributed by atoms with van der Waals surface area (Å²) in [5, 5.41) is 1.97. The summed E-state index contributed by atoms with van der Waals surface area (Å²) in [5.74, 6) is 6.12. The van der Waals surface area contributed by atoms with Gasteiger partial charge in [0.15, 0.2) is 5.75 Å². The van der Waals surface area contributed by atoms with Crippen molar-refractivity contribution < 1.29 is 14.3 Å². The van der Waals surface area contributed by atoms with Gasteiger partial charge in [0.1, 0.15) is 11.3 Å². The van der Waals surface area contributed by atoms with Gasteiger partial charge in [-0.1, -0.05) is 30.0 Å². The summed E-state index contributed by atoms with van der Waals surface area (Å²) >= 11 is 1.55. The highest BCUT2D eigenvalue weighted by Gasteiger charge is 2.21. The molecule has 0 unspecified atom stereocenters. The molecule has 1 aromatic carbocycles. The zero-order valence-corrected chi connectivity index (χ0v) is 17.8. The molecule has 0 atom stereocenters. The SMILES string of the molecule is COC(=O)c1cc(-c2cccs2)nc(-c2ccc(C#Cc3cccnc3)cc2)c1OC.